The van der Waals surface area contributed by atoms with Crippen molar-refractivity contribution in [2.24, 2.45) is 0 Å². The average Bonchev–Trinajstić information content (AvgIpc) is 3.44. The molecule has 2 heterocycles. The molecule has 158 valence electrons. The van der Waals surface area contributed by atoms with Crippen LogP contribution in [0.2, 0.25) is 0 Å². The zero-order valence-corrected chi connectivity index (χ0v) is 17.4. The van der Waals surface area contributed by atoms with Gasteiger partial charge in [0.1, 0.15) is 5.82 Å². The number of amides is 1. The fourth-order valence-corrected chi connectivity index (χ4v) is 3.43. The van der Waals surface area contributed by atoms with Crippen molar-refractivity contribution in [1.29, 1.82) is 0 Å². The summed E-state index contributed by atoms with van der Waals surface area (Å²) in [5.41, 5.74) is 3.55. The zero-order chi connectivity index (χ0) is 21.8. The van der Waals surface area contributed by atoms with Gasteiger partial charge in [0.15, 0.2) is 0 Å². The van der Waals surface area contributed by atoms with Crippen LogP contribution in [-0.2, 0) is 13.0 Å². The molecule has 2 aromatic heterocycles. The summed E-state index contributed by atoms with van der Waals surface area (Å²) in [6.45, 7) is 2.48. The molecule has 31 heavy (non-hydrogen) atoms. The first-order valence-electron chi connectivity index (χ1n) is 10.0. The van der Waals surface area contributed by atoms with Gasteiger partial charge >= 0.3 is 0 Å². The molecule has 0 saturated carbocycles. The normalized spacial score (nSPS) is 12.0. The SMILES string of the molecule is CC(Cc1cc(C(=O)N(C)Cc2cnn(-c3ccc(F)cc3)c2)on1)c1ccccc1. The van der Waals surface area contributed by atoms with Gasteiger partial charge in [0.2, 0.25) is 5.76 Å². The molecule has 7 heteroatoms. The third-order valence-corrected chi connectivity index (χ3v) is 5.15. The van der Waals surface area contributed by atoms with Gasteiger partial charge in [-0.05, 0) is 42.2 Å². The third kappa shape index (κ3) is 4.88. The molecule has 0 aliphatic rings. The van der Waals surface area contributed by atoms with Crippen LogP contribution in [0.3, 0.4) is 0 Å². The predicted molar refractivity (Wildman–Crippen MR) is 114 cm³/mol. The molecule has 0 N–H and O–H groups in total. The first kappa shape index (κ1) is 20.5. The summed E-state index contributed by atoms with van der Waals surface area (Å²) in [5, 5.41) is 8.36. The van der Waals surface area contributed by atoms with Crippen LogP contribution >= 0.6 is 0 Å². The van der Waals surface area contributed by atoms with Crippen LogP contribution in [0.25, 0.3) is 5.69 Å². The third-order valence-electron chi connectivity index (χ3n) is 5.15. The Morgan fingerprint density at radius 1 is 1.16 bits per heavy atom. The molecule has 1 unspecified atom stereocenters. The van der Waals surface area contributed by atoms with Crippen LogP contribution < -0.4 is 0 Å². The second kappa shape index (κ2) is 8.95. The number of carbonyl (C=O) groups is 1. The number of halogens is 1. The average molecular weight is 418 g/mol. The highest BCUT2D eigenvalue weighted by molar-refractivity contribution is 5.91. The molecule has 1 atom stereocenters. The maximum Gasteiger partial charge on any atom is 0.292 e. The Kier molecular flexibility index (Phi) is 5.93. The molecule has 0 bridgehead atoms. The summed E-state index contributed by atoms with van der Waals surface area (Å²) in [6, 6.07) is 17.9. The number of nitrogens with zero attached hydrogens (tertiary/aromatic N) is 4. The molecule has 0 fully saturated rings. The second-order valence-electron chi connectivity index (χ2n) is 7.63. The lowest BCUT2D eigenvalue weighted by molar-refractivity contribution is 0.0743. The van der Waals surface area contributed by atoms with E-state index in [9.17, 15) is 9.18 Å². The maximum absolute atomic E-state index is 13.1. The van der Waals surface area contributed by atoms with Gasteiger partial charge in [-0.15, -0.1) is 0 Å². The molecule has 2 aromatic carbocycles. The fourth-order valence-electron chi connectivity index (χ4n) is 3.43. The van der Waals surface area contributed by atoms with E-state index in [1.54, 1.807) is 41.0 Å². The highest BCUT2D eigenvalue weighted by Crippen LogP contribution is 2.20. The van der Waals surface area contributed by atoms with Gasteiger partial charge in [-0.1, -0.05) is 42.4 Å². The molecule has 4 rings (SSSR count). The quantitative estimate of drug-likeness (QED) is 0.439. The lowest BCUT2D eigenvalue weighted by atomic mass is 9.96. The molecule has 6 nitrogen and oxygen atoms in total. The van der Waals surface area contributed by atoms with Crippen molar-refractivity contribution in [2.45, 2.75) is 25.8 Å². The molecule has 0 saturated heterocycles. The number of carbonyl (C=O) groups excluding carboxylic acids is 1. The highest BCUT2D eigenvalue weighted by atomic mass is 19.1. The standard InChI is InChI=1S/C24H23FN4O2/c1-17(19-6-4-3-5-7-19)12-21-13-23(31-27-21)24(30)28(2)15-18-14-26-29(16-18)22-10-8-20(25)9-11-22/h3-11,13-14,16-17H,12,15H2,1-2H3. The lowest BCUT2D eigenvalue weighted by Gasteiger charge is -2.13. The van der Waals surface area contributed by atoms with E-state index in [-0.39, 0.29) is 23.4 Å². The van der Waals surface area contributed by atoms with Gasteiger partial charge in [0, 0.05) is 31.4 Å². The van der Waals surface area contributed by atoms with Gasteiger partial charge in [-0.2, -0.15) is 5.10 Å². The molecule has 0 radical (unpaired) electrons. The van der Waals surface area contributed by atoms with Crippen molar-refractivity contribution in [3.05, 3.63) is 101 Å². The largest absolute Gasteiger partial charge is 0.351 e. The van der Waals surface area contributed by atoms with Gasteiger partial charge in [0.05, 0.1) is 17.6 Å². The molecular formula is C24H23FN4O2. The Bertz CT molecular complexity index is 1150. The Balaban J connectivity index is 1.38. The van der Waals surface area contributed by atoms with Crippen molar-refractivity contribution >= 4 is 5.91 Å². The minimum absolute atomic E-state index is 0.212. The zero-order valence-electron chi connectivity index (χ0n) is 17.4. The summed E-state index contributed by atoms with van der Waals surface area (Å²) in [6.07, 6.45) is 4.18. The van der Waals surface area contributed by atoms with E-state index in [1.807, 2.05) is 24.4 Å². The van der Waals surface area contributed by atoms with Crippen LogP contribution in [0.5, 0.6) is 0 Å². The van der Waals surface area contributed by atoms with E-state index in [0.29, 0.717) is 13.0 Å². The first-order valence-corrected chi connectivity index (χ1v) is 10.0. The summed E-state index contributed by atoms with van der Waals surface area (Å²) >= 11 is 0. The Labute approximate surface area is 179 Å². The monoisotopic (exact) mass is 418 g/mol. The van der Waals surface area contributed by atoms with Crippen LogP contribution in [0, 0.1) is 5.82 Å². The van der Waals surface area contributed by atoms with Crippen LogP contribution in [0.1, 0.15) is 40.2 Å². The van der Waals surface area contributed by atoms with E-state index >= 15 is 0 Å². The molecule has 1 amide bonds. The van der Waals surface area contributed by atoms with Crippen LogP contribution in [0.4, 0.5) is 4.39 Å². The lowest BCUT2D eigenvalue weighted by Crippen LogP contribution is -2.25. The molecular weight excluding hydrogens is 395 g/mol. The molecule has 0 aliphatic carbocycles. The highest BCUT2D eigenvalue weighted by Gasteiger charge is 2.19. The fraction of sp³-hybridized carbons (Fsp3) is 0.208. The molecule has 4 aromatic rings. The topological polar surface area (TPSA) is 64.2 Å². The predicted octanol–water partition coefficient (Wildman–Crippen LogP) is 4.62. The van der Waals surface area contributed by atoms with Gasteiger partial charge in [0.25, 0.3) is 5.91 Å². The summed E-state index contributed by atoms with van der Waals surface area (Å²) in [7, 11) is 1.70. The number of benzene rings is 2. The minimum atomic E-state index is -0.300. The van der Waals surface area contributed by atoms with Crippen LogP contribution in [0.15, 0.2) is 77.6 Å². The molecule has 0 spiro atoms. The van der Waals surface area contributed by atoms with Crippen molar-refractivity contribution in [2.75, 3.05) is 7.05 Å². The van der Waals surface area contributed by atoms with E-state index in [1.165, 1.54) is 17.7 Å². The van der Waals surface area contributed by atoms with Crippen molar-refractivity contribution in [1.82, 2.24) is 19.8 Å². The molecule has 0 aliphatic heterocycles. The van der Waals surface area contributed by atoms with Crippen molar-refractivity contribution in [3.8, 4) is 5.69 Å². The Hall–Kier alpha value is -3.74. The summed E-state index contributed by atoms with van der Waals surface area (Å²) < 4.78 is 20.1. The maximum atomic E-state index is 13.1. The van der Waals surface area contributed by atoms with E-state index in [4.69, 9.17) is 4.52 Å². The first-order chi connectivity index (χ1) is 15.0. The number of hydrogen-bond acceptors (Lipinski definition) is 4. The van der Waals surface area contributed by atoms with Gasteiger partial charge in [-0.25, -0.2) is 9.07 Å². The number of hydrogen-bond donors (Lipinski definition) is 0. The van der Waals surface area contributed by atoms with Gasteiger partial charge < -0.3 is 9.42 Å². The van der Waals surface area contributed by atoms with Crippen LogP contribution in [-0.4, -0.2) is 32.8 Å². The van der Waals surface area contributed by atoms with Crippen molar-refractivity contribution < 1.29 is 13.7 Å². The number of rotatable bonds is 7. The van der Waals surface area contributed by atoms with Gasteiger partial charge in [-0.3, -0.25) is 4.79 Å². The van der Waals surface area contributed by atoms with E-state index in [0.717, 1.165) is 16.9 Å². The minimum Gasteiger partial charge on any atom is -0.351 e. The van der Waals surface area contributed by atoms with Crippen molar-refractivity contribution in [3.63, 3.8) is 0 Å². The summed E-state index contributed by atoms with van der Waals surface area (Å²) in [5.74, 6) is -0.0698. The Morgan fingerprint density at radius 3 is 2.65 bits per heavy atom. The summed E-state index contributed by atoms with van der Waals surface area (Å²) in [4.78, 5) is 14.3. The van der Waals surface area contributed by atoms with E-state index in [2.05, 4.69) is 29.3 Å². The number of aromatic nitrogens is 3. The smallest absolute Gasteiger partial charge is 0.292 e. The Morgan fingerprint density at radius 2 is 1.90 bits per heavy atom. The van der Waals surface area contributed by atoms with E-state index < -0.39 is 0 Å². The second-order valence-corrected chi connectivity index (χ2v) is 7.63.